The van der Waals surface area contributed by atoms with Crippen molar-refractivity contribution in [1.29, 1.82) is 0 Å². The number of nitrogens with one attached hydrogen (secondary N) is 2. The summed E-state index contributed by atoms with van der Waals surface area (Å²) in [6, 6.07) is 5.61. The molecule has 21 heavy (non-hydrogen) atoms. The number of hydrogen-bond acceptors (Lipinski definition) is 6. The van der Waals surface area contributed by atoms with Crippen LogP contribution in [-0.4, -0.2) is 34.5 Å². The molecule has 0 bridgehead atoms. The number of hydrogen-bond donors (Lipinski definition) is 2. The van der Waals surface area contributed by atoms with Gasteiger partial charge in [-0.1, -0.05) is 11.7 Å². The Kier molecular flexibility index (Phi) is 3.98. The van der Waals surface area contributed by atoms with Crippen LogP contribution in [0.2, 0.25) is 0 Å². The predicted molar refractivity (Wildman–Crippen MR) is 74.9 cm³/mol. The molecule has 0 radical (unpaired) electrons. The minimum atomic E-state index is -3.81. The van der Waals surface area contributed by atoms with Crippen LogP contribution in [0.15, 0.2) is 41.8 Å². The topological polar surface area (TPSA) is 119 Å². The van der Waals surface area contributed by atoms with E-state index in [-0.39, 0.29) is 16.8 Å². The quantitative estimate of drug-likeness (QED) is 0.758. The molecule has 2 rings (SSSR count). The van der Waals surface area contributed by atoms with Gasteiger partial charge in [-0.2, -0.15) is 4.80 Å². The molecule has 1 heterocycles. The van der Waals surface area contributed by atoms with E-state index in [1.807, 2.05) is 0 Å². The van der Waals surface area contributed by atoms with Gasteiger partial charge in [-0.05, 0) is 35.6 Å². The first kappa shape index (κ1) is 14.7. The largest absolute Gasteiger partial charge is 0.323 e. The Morgan fingerprint density at radius 3 is 2.52 bits per heavy atom. The number of benzene rings is 1. The van der Waals surface area contributed by atoms with E-state index in [0.29, 0.717) is 5.69 Å². The van der Waals surface area contributed by atoms with Gasteiger partial charge in [0.15, 0.2) is 0 Å². The maximum absolute atomic E-state index is 12.1. The van der Waals surface area contributed by atoms with Gasteiger partial charge in [0.1, 0.15) is 0 Å². The highest BCUT2D eigenvalue weighted by Crippen LogP contribution is 2.16. The summed E-state index contributed by atoms with van der Waals surface area (Å²) in [7, 11) is -2.30. The summed E-state index contributed by atoms with van der Waals surface area (Å²) in [5.41, 5.74) is 0.455. The number of sulfonamides is 1. The Bertz CT molecular complexity index is 766. The molecule has 1 aromatic carbocycles. The van der Waals surface area contributed by atoms with E-state index in [4.69, 9.17) is 0 Å². The maximum Gasteiger partial charge on any atom is 0.277 e. The fourth-order valence-electron chi connectivity index (χ4n) is 1.41. The highest BCUT2D eigenvalue weighted by molar-refractivity contribution is 7.92. The summed E-state index contributed by atoms with van der Waals surface area (Å²) in [6.07, 6.45) is 1.12. The number of rotatable bonds is 5. The highest BCUT2D eigenvalue weighted by atomic mass is 32.2. The van der Waals surface area contributed by atoms with Gasteiger partial charge in [0, 0.05) is 5.69 Å². The zero-order valence-corrected chi connectivity index (χ0v) is 11.8. The van der Waals surface area contributed by atoms with E-state index in [2.05, 4.69) is 32.0 Å². The zero-order chi connectivity index (χ0) is 15.5. The molecule has 9 nitrogen and oxygen atoms in total. The van der Waals surface area contributed by atoms with Crippen LogP contribution >= 0.6 is 0 Å². The third-order valence-corrected chi connectivity index (χ3v) is 3.70. The van der Waals surface area contributed by atoms with Crippen molar-refractivity contribution in [2.75, 3.05) is 10.0 Å². The van der Waals surface area contributed by atoms with Crippen molar-refractivity contribution in [3.05, 3.63) is 36.9 Å². The minimum Gasteiger partial charge on any atom is -0.323 e. The Hall–Kier alpha value is -2.75. The minimum absolute atomic E-state index is 0.00607. The summed E-state index contributed by atoms with van der Waals surface area (Å²) in [4.78, 5) is 12.3. The number of aromatic nitrogens is 4. The lowest BCUT2D eigenvalue weighted by molar-refractivity contribution is -0.111. The zero-order valence-electron chi connectivity index (χ0n) is 11.0. The summed E-state index contributed by atoms with van der Waals surface area (Å²) < 4.78 is 26.3. The average molecular weight is 308 g/mol. The van der Waals surface area contributed by atoms with Crippen LogP contribution in [0, 0.1) is 0 Å². The van der Waals surface area contributed by atoms with Crippen LogP contribution in [0.4, 0.5) is 11.6 Å². The van der Waals surface area contributed by atoms with Crippen LogP contribution in [0.3, 0.4) is 0 Å². The van der Waals surface area contributed by atoms with E-state index < -0.39 is 10.0 Å². The van der Waals surface area contributed by atoms with Crippen LogP contribution < -0.4 is 10.0 Å². The second-order valence-electron chi connectivity index (χ2n) is 3.93. The standard InChI is InChI=1S/C11H12N6O3S/c1-3-10(18)12-8-4-6-9(7-5-8)21(19,20)15-11-13-16-17(2)14-11/h3-7H,1H2,2H3,(H,12,18)(H,14,15). The normalized spacial score (nSPS) is 10.9. The van der Waals surface area contributed by atoms with Crippen molar-refractivity contribution in [2.24, 2.45) is 7.05 Å². The van der Waals surface area contributed by atoms with Crippen molar-refractivity contribution in [3.63, 3.8) is 0 Å². The average Bonchev–Trinajstić information content (AvgIpc) is 2.83. The second-order valence-corrected chi connectivity index (χ2v) is 5.61. The molecular weight excluding hydrogens is 296 g/mol. The SMILES string of the molecule is C=CC(=O)Nc1ccc(S(=O)(=O)Nc2nnn(C)n2)cc1. The molecule has 0 spiro atoms. The summed E-state index contributed by atoms with van der Waals surface area (Å²) in [5, 5.41) is 13.3. The van der Waals surface area contributed by atoms with Gasteiger partial charge in [0.05, 0.1) is 11.9 Å². The predicted octanol–water partition coefficient (Wildman–Crippen LogP) is 0.135. The van der Waals surface area contributed by atoms with Gasteiger partial charge >= 0.3 is 0 Å². The molecule has 0 aliphatic heterocycles. The molecule has 0 fully saturated rings. The number of carbonyl (C=O) groups excluding carboxylic acids is 1. The Balaban J connectivity index is 2.17. The van der Waals surface area contributed by atoms with Crippen molar-refractivity contribution >= 4 is 27.6 Å². The van der Waals surface area contributed by atoms with E-state index in [1.165, 1.54) is 31.3 Å². The highest BCUT2D eigenvalue weighted by Gasteiger charge is 2.16. The summed E-state index contributed by atoms with van der Waals surface area (Å²) >= 11 is 0. The number of anilines is 2. The first-order valence-electron chi connectivity index (χ1n) is 5.71. The third-order valence-electron chi connectivity index (χ3n) is 2.35. The first-order chi connectivity index (χ1) is 9.90. The molecule has 110 valence electrons. The van der Waals surface area contributed by atoms with Crippen LogP contribution in [0.25, 0.3) is 0 Å². The summed E-state index contributed by atoms with van der Waals surface area (Å²) in [5.74, 6) is -0.506. The molecule has 10 heteroatoms. The van der Waals surface area contributed by atoms with E-state index in [0.717, 1.165) is 10.9 Å². The van der Waals surface area contributed by atoms with E-state index in [1.54, 1.807) is 0 Å². The first-order valence-corrected chi connectivity index (χ1v) is 7.19. The van der Waals surface area contributed by atoms with Crippen molar-refractivity contribution in [1.82, 2.24) is 20.2 Å². The molecular formula is C11H12N6O3S. The number of carbonyl (C=O) groups is 1. The molecule has 2 aromatic rings. The Morgan fingerprint density at radius 1 is 1.33 bits per heavy atom. The number of aryl methyl sites for hydroxylation is 1. The fraction of sp³-hybridized carbons (Fsp3) is 0.0909. The number of nitrogens with zero attached hydrogens (tertiary/aromatic N) is 4. The molecule has 0 saturated heterocycles. The second kappa shape index (κ2) is 5.71. The molecule has 2 N–H and O–H groups in total. The van der Waals surface area contributed by atoms with Gasteiger partial charge in [-0.25, -0.2) is 13.1 Å². The van der Waals surface area contributed by atoms with Crippen LogP contribution in [-0.2, 0) is 21.9 Å². The fourth-order valence-corrected chi connectivity index (χ4v) is 2.35. The van der Waals surface area contributed by atoms with Gasteiger partial charge < -0.3 is 5.32 Å². The molecule has 1 amide bonds. The molecule has 0 aliphatic rings. The number of tetrazole rings is 1. The van der Waals surface area contributed by atoms with Gasteiger partial charge in [-0.15, -0.1) is 5.10 Å². The van der Waals surface area contributed by atoms with Crippen LogP contribution in [0.5, 0.6) is 0 Å². The van der Waals surface area contributed by atoms with E-state index >= 15 is 0 Å². The molecule has 1 aromatic heterocycles. The van der Waals surface area contributed by atoms with Gasteiger partial charge in [0.25, 0.3) is 16.0 Å². The van der Waals surface area contributed by atoms with Gasteiger partial charge in [0.2, 0.25) is 5.91 Å². The summed E-state index contributed by atoms with van der Waals surface area (Å²) in [6.45, 7) is 3.32. The lowest BCUT2D eigenvalue weighted by Gasteiger charge is -2.06. The molecule has 0 atom stereocenters. The van der Waals surface area contributed by atoms with Crippen LogP contribution in [0.1, 0.15) is 0 Å². The van der Waals surface area contributed by atoms with Crippen molar-refractivity contribution in [3.8, 4) is 0 Å². The maximum atomic E-state index is 12.1. The molecule has 0 unspecified atom stereocenters. The molecule has 0 aliphatic carbocycles. The third kappa shape index (κ3) is 3.63. The smallest absolute Gasteiger partial charge is 0.277 e. The van der Waals surface area contributed by atoms with Gasteiger partial charge in [-0.3, -0.25) is 4.79 Å². The lowest BCUT2D eigenvalue weighted by atomic mass is 10.3. The number of amides is 1. The van der Waals surface area contributed by atoms with E-state index in [9.17, 15) is 13.2 Å². The Labute approximate surface area is 120 Å². The molecule has 0 saturated carbocycles. The van der Waals surface area contributed by atoms with Crippen molar-refractivity contribution < 1.29 is 13.2 Å². The monoisotopic (exact) mass is 308 g/mol. The van der Waals surface area contributed by atoms with Crippen molar-refractivity contribution in [2.45, 2.75) is 4.90 Å². The Morgan fingerprint density at radius 2 is 2.00 bits per heavy atom. The lowest BCUT2D eigenvalue weighted by Crippen LogP contribution is -2.14.